The average molecular weight is 564 g/mol. The lowest BCUT2D eigenvalue weighted by molar-refractivity contribution is 0.0209. The Bertz CT molecular complexity index is 1390. The Morgan fingerprint density at radius 3 is 2.85 bits per heavy atom. The second-order valence-electron chi connectivity index (χ2n) is 10.3. The van der Waals surface area contributed by atoms with Crippen molar-refractivity contribution in [3.63, 3.8) is 0 Å². The van der Waals surface area contributed by atoms with Crippen LogP contribution in [0.1, 0.15) is 46.4 Å². The van der Waals surface area contributed by atoms with Crippen LogP contribution in [0.2, 0.25) is 0 Å². The van der Waals surface area contributed by atoms with Gasteiger partial charge in [-0.05, 0) is 43.0 Å². The lowest BCUT2D eigenvalue weighted by Crippen LogP contribution is -2.40. The van der Waals surface area contributed by atoms with Crippen molar-refractivity contribution in [1.82, 2.24) is 25.2 Å². The Hall–Kier alpha value is -4.32. The molecule has 3 aromatic rings. The lowest BCUT2D eigenvalue weighted by atomic mass is 10.00. The van der Waals surface area contributed by atoms with Gasteiger partial charge in [0.15, 0.2) is 12.2 Å². The minimum absolute atomic E-state index is 0.0145. The standard InChI is InChI=1S/C29H37N7O5/c1-4-8-35(3)29-33-25(11-27(34-29)32-22-15-39-16-22)28(38)30-12-23(37)14-36-9-7-20-10-24(6-5-21(20)13-36)40-17-26-19(2)31-18-41-26/h5-6,10-11,14,18,22,37H,4,7-9,12-13,15-17H2,1-3H3,(H,30,38)(H,32,33,34)/b23-14-. The fraction of sp³-hybridized carbons (Fsp3) is 0.448. The number of fused-ring (bicyclic) bond motifs is 1. The molecule has 1 amide bonds. The van der Waals surface area contributed by atoms with E-state index in [0.29, 0.717) is 43.9 Å². The van der Waals surface area contributed by atoms with E-state index in [9.17, 15) is 9.90 Å². The number of aryl methyl sites for hydroxylation is 1. The highest BCUT2D eigenvalue weighted by atomic mass is 16.5. The number of rotatable bonds is 12. The maximum Gasteiger partial charge on any atom is 0.270 e. The molecule has 2 aliphatic rings. The third kappa shape index (κ3) is 7.26. The van der Waals surface area contributed by atoms with Crippen molar-refractivity contribution in [1.29, 1.82) is 0 Å². The third-order valence-electron chi connectivity index (χ3n) is 7.03. The second kappa shape index (κ2) is 12.9. The lowest BCUT2D eigenvalue weighted by Gasteiger charge is -2.28. The predicted octanol–water partition coefficient (Wildman–Crippen LogP) is 3.20. The Labute approximate surface area is 239 Å². The van der Waals surface area contributed by atoms with E-state index in [2.05, 4.69) is 38.6 Å². The van der Waals surface area contributed by atoms with E-state index < -0.39 is 0 Å². The van der Waals surface area contributed by atoms with Crippen molar-refractivity contribution >= 4 is 17.7 Å². The van der Waals surface area contributed by atoms with Crippen LogP contribution in [0.25, 0.3) is 0 Å². The van der Waals surface area contributed by atoms with E-state index in [-0.39, 0.29) is 29.9 Å². The molecule has 0 unspecified atom stereocenters. The van der Waals surface area contributed by atoms with Crippen LogP contribution < -0.4 is 20.3 Å². The van der Waals surface area contributed by atoms with E-state index in [1.54, 1.807) is 12.3 Å². The summed E-state index contributed by atoms with van der Waals surface area (Å²) in [6.07, 6.45) is 4.84. The average Bonchev–Trinajstić information content (AvgIpc) is 3.36. The summed E-state index contributed by atoms with van der Waals surface area (Å²) in [5.74, 6) is 2.21. The van der Waals surface area contributed by atoms with Crippen molar-refractivity contribution < 1.29 is 23.8 Å². The molecule has 41 heavy (non-hydrogen) atoms. The number of nitrogens with one attached hydrogen (secondary N) is 2. The first-order valence-corrected chi connectivity index (χ1v) is 13.9. The quantitative estimate of drug-likeness (QED) is 0.280. The van der Waals surface area contributed by atoms with Crippen LogP contribution in [-0.2, 0) is 24.3 Å². The number of hydrogen-bond acceptors (Lipinski definition) is 11. The number of ether oxygens (including phenoxy) is 2. The number of hydrogen-bond donors (Lipinski definition) is 3. The highest BCUT2D eigenvalue weighted by molar-refractivity contribution is 5.93. The molecular weight excluding hydrogens is 526 g/mol. The van der Waals surface area contributed by atoms with Crippen LogP contribution in [0.3, 0.4) is 0 Å². The number of carbonyl (C=O) groups excluding carboxylic acids is 1. The Morgan fingerprint density at radius 1 is 1.27 bits per heavy atom. The van der Waals surface area contributed by atoms with Crippen molar-refractivity contribution in [2.75, 3.05) is 50.1 Å². The highest BCUT2D eigenvalue weighted by Gasteiger charge is 2.21. The van der Waals surface area contributed by atoms with Gasteiger partial charge in [0.25, 0.3) is 5.91 Å². The number of benzene rings is 1. The zero-order valence-electron chi connectivity index (χ0n) is 23.7. The summed E-state index contributed by atoms with van der Waals surface area (Å²) in [6.45, 7) is 7.61. The summed E-state index contributed by atoms with van der Waals surface area (Å²) in [5.41, 5.74) is 3.43. The molecule has 0 saturated carbocycles. The van der Waals surface area contributed by atoms with Gasteiger partial charge in [0, 0.05) is 38.9 Å². The zero-order chi connectivity index (χ0) is 28.8. The molecule has 12 heteroatoms. The third-order valence-corrected chi connectivity index (χ3v) is 7.03. The Morgan fingerprint density at radius 2 is 2.12 bits per heavy atom. The molecule has 0 atom stereocenters. The Kier molecular flexibility index (Phi) is 8.88. The molecule has 4 heterocycles. The number of aliphatic hydroxyl groups excluding tert-OH is 1. The second-order valence-corrected chi connectivity index (χ2v) is 10.3. The molecule has 2 aromatic heterocycles. The minimum Gasteiger partial charge on any atom is -0.509 e. The number of aliphatic hydroxyl groups is 1. The van der Waals surface area contributed by atoms with Crippen molar-refractivity contribution in [3.05, 3.63) is 70.9 Å². The summed E-state index contributed by atoms with van der Waals surface area (Å²) >= 11 is 0. The SMILES string of the molecule is CCCN(C)c1nc(NC2COC2)cc(C(=O)NC/C(O)=C/N2CCc3cc(OCc4ocnc4C)ccc3C2)n1. The van der Waals surface area contributed by atoms with E-state index in [4.69, 9.17) is 13.9 Å². The maximum absolute atomic E-state index is 13.0. The first-order chi connectivity index (χ1) is 19.9. The smallest absolute Gasteiger partial charge is 0.270 e. The van der Waals surface area contributed by atoms with Crippen LogP contribution in [0.15, 0.2) is 47.0 Å². The number of aromatic nitrogens is 3. The summed E-state index contributed by atoms with van der Waals surface area (Å²) in [4.78, 5) is 30.1. The van der Waals surface area contributed by atoms with Gasteiger partial charge < -0.3 is 39.4 Å². The van der Waals surface area contributed by atoms with E-state index in [1.807, 2.05) is 35.9 Å². The molecule has 1 fully saturated rings. The molecule has 218 valence electrons. The van der Waals surface area contributed by atoms with Gasteiger partial charge in [-0.25, -0.2) is 9.97 Å². The largest absolute Gasteiger partial charge is 0.509 e. The zero-order valence-corrected chi connectivity index (χ0v) is 23.7. The fourth-order valence-electron chi connectivity index (χ4n) is 4.64. The summed E-state index contributed by atoms with van der Waals surface area (Å²) in [7, 11) is 1.90. The van der Waals surface area contributed by atoms with Crippen LogP contribution in [0, 0.1) is 6.92 Å². The maximum atomic E-state index is 13.0. The van der Waals surface area contributed by atoms with Crippen LogP contribution in [-0.4, -0.2) is 76.8 Å². The number of carbonyl (C=O) groups is 1. The molecule has 0 radical (unpaired) electrons. The molecule has 2 aliphatic heterocycles. The molecule has 0 spiro atoms. The summed E-state index contributed by atoms with van der Waals surface area (Å²) < 4.78 is 16.5. The molecular formula is C29H37N7O5. The van der Waals surface area contributed by atoms with Gasteiger partial charge in [-0.2, -0.15) is 4.98 Å². The summed E-state index contributed by atoms with van der Waals surface area (Å²) in [6, 6.07) is 7.82. The van der Waals surface area contributed by atoms with Gasteiger partial charge >= 0.3 is 0 Å². The minimum atomic E-state index is -0.386. The number of oxazole rings is 1. The highest BCUT2D eigenvalue weighted by Crippen LogP contribution is 2.25. The van der Waals surface area contributed by atoms with E-state index in [0.717, 1.165) is 42.9 Å². The molecule has 5 rings (SSSR count). The van der Waals surface area contributed by atoms with Crippen molar-refractivity contribution in [2.24, 2.45) is 0 Å². The van der Waals surface area contributed by atoms with Gasteiger partial charge in [-0.3, -0.25) is 4.79 Å². The summed E-state index contributed by atoms with van der Waals surface area (Å²) in [5, 5.41) is 16.7. The van der Waals surface area contributed by atoms with Gasteiger partial charge in [0.1, 0.15) is 29.6 Å². The molecule has 3 N–H and O–H groups in total. The topological polar surface area (TPSA) is 138 Å². The van der Waals surface area contributed by atoms with Gasteiger partial charge in [0.2, 0.25) is 5.95 Å². The van der Waals surface area contributed by atoms with E-state index in [1.165, 1.54) is 12.0 Å². The van der Waals surface area contributed by atoms with Gasteiger partial charge in [0.05, 0.1) is 31.5 Å². The number of amides is 1. The predicted molar refractivity (Wildman–Crippen MR) is 153 cm³/mol. The molecule has 0 bridgehead atoms. The fourth-order valence-corrected chi connectivity index (χ4v) is 4.64. The van der Waals surface area contributed by atoms with Crippen molar-refractivity contribution in [2.45, 2.75) is 45.9 Å². The molecule has 1 aromatic carbocycles. The normalized spacial score (nSPS) is 15.2. The first-order valence-electron chi connectivity index (χ1n) is 13.9. The van der Waals surface area contributed by atoms with E-state index >= 15 is 0 Å². The number of nitrogens with zero attached hydrogens (tertiary/aromatic N) is 5. The van der Waals surface area contributed by atoms with Crippen molar-refractivity contribution in [3.8, 4) is 5.75 Å². The van der Waals surface area contributed by atoms with Crippen LogP contribution >= 0.6 is 0 Å². The molecule has 12 nitrogen and oxygen atoms in total. The van der Waals surface area contributed by atoms with Gasteiger partial charge in [-0.15, -0.1) is 0 Å². The number of anilines is 2. The van der Waals surface area contributed by atoms with Crippen LogP contribution in [0.4, 0.5) is 11.8 Å². The molecule has 0 aliphatic carbocycles. The van der Waals surface area contributed by atoms with Crippen LogP contribution in [0.5, 0.6) is 5.75 Å². The Balaban J connectivity index is 1.16. The molecule has 1 saturated heterocycles. The monoisotopic (exact) mass is 563 g/mol. The van der Waals surface area contributed by atoms with Gasteiger partial charge in [-0.1, -0.05) is 13.0 Å². The first kappa shape index (κ1) is 28.2.